The number of aryl methyl sites for hydroxylation is 2. The molecule has 2 heterocycles. The van der Waals surface area contributed by atoms with Gasteiger partial charge in [0.2, 0.25) is 0 Å². The summed E-state index contributed by atoms with van der Waals surface area (Å²) in [7, 11) is 0. The molecule has 1 fully saturated rings. The second-order valence-corrected chi connectivity index (χ2v) is 9.22. The van der Waals surface area contributed by atoms with E-state index in [0.29, 0.717) is 17.1 Å². The second-order valence-electron chi connectivity index (χ2n) is 7.31. The van der Waals surface area contributed by atoms with E-state index in [-0.39, 0.29) is 22.4 Å². The predicted octanol–water partition coefficient (Wildman–Crippen LogP) is 6.47. The molecule has 1 aliphatic heterocycles. The molecular weight excluding hydrogens is 496 g/mol. The lowest BCUT2D eigenvalue weighted by molar-refractivity contribution is -0.384. The van der Waals surface area contributed by atoms with Gasteiger partial charge in [-0.25, -0.2) is 0 Å². The number of hydrogen-bond acceptors (Lipinski definition) is 6. The highest BCUT2D eigenvalue weighted by Crippen LogP contribution is 2.36. The Morgan fingerprint density at radius 1 is 1.09 bits per heavy atom. The molecule has 3 aromatic rings. The molecule has 32 heavy (non-hydrogen) atoms. The Balaban J connectivity index is 1.59. The molecule has 0 N–H and O–H groups in total. The van der Waals surface area contributed by atoms with Crippen molar-refractivity contribution in [2.24, 2.45) is 0 Å². The summed E-state index contributed by atoms with van der Waals surface area (Å²) in [6, 6.07) is 13.8. The molecule has 0 unspecified atom stereocenters. The molecule has 162 valence electrons. The van der Waals surface area contributed by atoms with Gasteiger partial charge in [0.1, 0.15) is 11.5 Å². The molecule has 7 nitrogen and oxygen atoms in total. The van der Waals surface area contributed by atoms with Crippen molar-refractivity contribution in [1.29, 1.82) is 0 Å². The number of thioether (sulfide) groups is 1. The smallest absolute Gasteiger partial charge is 0.293 e. The number of hydrogen-bond donors (Lipinski definition) is 0. The van der Waals surface area contributed by atoms with Gasteiger partial charge in [-0.2, -0.15) is 0 Å². The molecule has 4 rings (SSSR count). The Bertz CT molecular complexity index is 1280. The molecule has 0 aliphatic carbocycles. The molecule has 1 saturated heterocycles. The molecule has 0 bridgehead atoms. The van der Waals surface area contributed by atoms with Crippen LogP contribution in [-0.2, 0) is 11.3 Å². The number of carbonyl (C=O) groups excluding carboxylic acids is 2. The summed E-state index contributed by atoms with van der Waals surface area (Å²) in [6.07, 6.45) is 1.49. The van der Waals surface area contributed by atoms with Crippen LogP contribution < -0.4 is 0 Å². The number of nitrogens with zero attached hydrogens (tertiary/aromatic N) is 2. The number of nitro groups is 1. The van der Waals surface area contributed by atoms with Crippen molar-refractivity contribution >= 4 is 50.6 Å². The zero-order valence-corrected chi connectivity index (χ0v) is 19.5. The van der Waals surface area contributed by atoms with Crippen LogP contribution in [0.3, 0.4) is 0 Å². The first kappa shape index (κ1) is 22.0. The van der Waals surface area contributed by atoms with Crippen molar-refractivity contribution in [3.8, 4) is 11.3 Å². The Kier molecular flexibility index (Phi) is 6.03. The largest absolute Gasteiger partial charge is 0.456 e. The number of nitro benzene ring substituents is 1. The van der Waals surface area contributed by atoms with E-state index in [1.807, 2.05) is 38.1 Å². The minimum absolute atomic E-state index is 0.0520. The van der Waals surface area contributed by atoms with E-state index in [4.69, 9.17) is 4.42 Å². The highest BCUT2D eigenvalue weighted by molar-refractivity contribution is 9.10. The molecule has 9 heteroatoms. The first-order valence-electron chi connectivity index (χ1n) is 9.58. The number of imide groups is 1. The summed E-state index contributed by atoms with van der Waals surface area (Å²) in [5.41, 5.74) is 2.85. The van der Waals surface area contributed by atoms with Crippen molar-refractivity contribution in [3.63, 3.8) is 0 Å². The number of furan rings is 1. The van der Waals surface area contributed by atoms with Gasteiger partial charge in [0, 0.05) is 16.6 Å². The van der Waals surface area contributed by atoms with Crippen LogP contribution in [0.4, 0.5) is 10.5 Å². The van der Waals surface area contributed by atoms with Crippen molar-refractivity contribution in [3.05, 3.63) is 90.5 Å². The van der Waals surface area contributed by atoms with Crippen LogP contribution in [0.25, 0.3) is 17.4 Å². The van der Waals surface area contributed by atoms with Gasteiger partial charge in [0.15, 0.2) is 0 Å². The Labute approximate surface area is 196 Å². The standard InChI is InChI=1S/C23H17BrN2O5S/c1-13-9-18(19(26(29)30)10-14(13)2)20-8-7-17(31-20)11-21-22(27)25(23(28)32-21)12-15-3-5-16(24)6-4-15/h3-11H,12H2,1-2H3/b21-11-. The Hall–Kier alpha value is -3.17. The van der Waals surface area contributed by atoms with Crippen LogP contribution >= 0.6 is 27.7 Å². The molecule has 2 amide bonds. The third-order valence-electron chi connectivity index (χ3n) is 5.10. The van der Waals surface area contributed by atoms with Crippen molar-refractivity contribution in [2.45, 2.75) is 20.4 Å². The monoisotopic (exact) mass is 512 g/mol. The quantitative estimate of drug-likeness (QED) is 0.221. The zero-order valence-electron chi connectivity index (χ0n) is 17.1. The van der Waals surface area contributed by atoms with Crippen LogP contribution in [0.15, 0.2) is 62.3 Å². The fourth-order valence-electron chi connectivity index (χ4n) is 3.26. The summed E-state index contributed by atoms with van der Waals surface area (Å²) in [5, 5.41) is 11.1. The van der Waals surface area contributed by atoms with Gasteiger partial charge in [0.25, 0.3) is 16.8 Å². The van der Waals surface area contributed by atoms with Gasteiger partial charge in [-0.15, -0.1) is 0 Å². The van der Waals surface area contributed by atoms with Gasteiger partial charge in [-0.3, -0.25) is 24.6 Å². The molecule has 1 aliphatic rings. The minimum atomic E-state index is -0.447. The lowest BCUT2D eigenvalue weighted by Crippen LogP contribution is -2.27. The van der Waals surface area contributed by atoms with E-state index in [1.165, 1.54) is 17.0 Å². The van der Waals surface area contributed by atoms with Crippen LogP contribution in [0.2, 0.25) is 0 Å². The first-order valence-corrected chi connectivity index (χ1v) is 11.2. The summed E-state index contributed by atoms with van der Waals surface area (Å²) in [6.45, 7) is 3.85. The number of amides is 2. The first-order chi connectivity index (χ1) is 15.2. The number of halogens is 1. The van der Waals surface area contributed by atoms with Gasteiger partial charge in [-0.05, 0) is 72.6 Å². The maximum Gasteiger partial charge on any atom is 0.293 e. The van der Waals surface area contributed by atoms with Crippen molar-refractivity contribution in [2.75, 3.05) is 0 Å². The lowest BCUT2D eigenvalue weighted by Gasteiger charge is -2.12. The Morgan fingerprint density at radius 3 is 2.47 bits per heavy atom. The fraction of sp³-hybridized carbons (Fsp3) is 0.130. The van der Waals surface area contributed by atoms with Gasteiger partial charge >= 0.3 is 0 Å². The van der Waals surface area contributed by atoms with E-state index < -0.39 is 10.8 Å². The maximum atomic E-state index is 12.8. The SMILES string of the molecule is Cc1cc(-c2ccc(/C=C3\SC(=O)N(Cc4ccc(Br)cc4)C3=O)o2)c([N+](=O)[O-])cc1C. The topological polar surface area (TPSA) is 93.7 Å². The molecule has 2 aromatic carbocycles. The Morgan fingerprint density at radius 2 is 1.78 bits per heavy atom. The molecule has 0 spiro atoms. The van der Waals surface area contributed by atoms with Gasteiger partial charge < -0.3 is 4.42 Å². The van der Waals surface area contributed by atoms with E-state index in [0.717, 1.165) is 32.9 Å². The maximum absolute atomic E-state index is 12.8. The molecule has 0 radical (unpaired) electrons. The molecule has 0 atom stereocenters. The summed E-state index contributed by atoms with van der Waals surface area (Å²) in [4.78, 5) is 37.6. The normalized spacial score (nSPS) is 15.1. The van der Waals surface area contributed by atoms with E-state index in [1.54, 1.807) is 18.2 Å². The molecule has 1 aromatic heterocycles. The van der Waals surface area contributed by atoms with E-state index in [2.05, 4.69) is 15.9 Å². The summed E-state index contributed by atoms with van der Waals surface area (Å²) in [5.74, 6) is 0.250. The van der Waals surface area contributed by atoms with Crippen LogP contribution in [0.5, 0.6) is 0 Å². The third-order valence-corrected chi connectivity index (χ3v) is 6.54. The van der Waals surface area contributed by atoms with Crippen LogP contribution in [0.1, 0.15) is 22.5 Å². The summed E-state index contributed by atoms with van der Waals surface area (Å²) >= 11 is 4.20. The fourth-order valence-corrected chi connectivity index (χ4v) is 4.35. The average molecular weight is 513 g/mol. The predicted molar refractivity (Wildman–Crippen MR) is 126 cm³/mol. The van der Waals surface area contributed by atoms with E-state index in [9.17, 15) is 19.7 Å². The van der Waals surface area contributed by atoms with E-state index >= 15 is 0 Å². The lowest BCUT2D eigenvalue weighted by atomic mass is 10.0. The van der Waals surface area contributed by atoms with Crippen LogP contribution in [0, 0.1) is 24.0 Å². The minimum Gasteiger partial charge on any atom is -0.456 e. The highest BCUT2D eigenvalue weighted by Gasteiger charge is 2.35. The third kappa shape index (κ3) is 4.39. The molecular formula is C23H17BrN2O5S. The van der Waals surface area contributed by atoms with Crippen molar-refractivity contribution in [1.82, 2.24) is 4.90 Å². The zero-order chi connectivity index (χ0) is 23.0. The molecule has 0 saturated carbocycles. The number of benzene rings is 2. The van der Waals surface area contributed by atoms with Gasteiger partial charge in [-0.1, -0.05) is 28.1 Å². The van der Waals surface area contributed by atoms with Crippen LogP contribution in [-0.4, -0.2) is 21.0 Å². The second kappa shape index (κ2) is 8.76. The highest BCUT2D eigenvalue weighted by atomic mass is 79.9. The number of carbonyl (C=O) groups is 2. The number of rotatable bonds is 5. The summed E-state index contributed by atoms with van der Waals surface area (Å²) < 4.78 is 6.70. The van der Waals surface area contributed by atoms with Gasteiger partial charge in [0.05, 0.1) is 21.9 Å². The average Bonchev–Trinajstić information content (AvgIpc) is 3.31. The van der Waals surface area contributed by atoms with Crippen molar-refractivity contribution < 1.29 is 18.9 Å².